The van der Waals surface area contributed by atoms with Crippen molar-refractivity contribution < 1.29 is 9.59 Å². The average Bonchev–Trinajstić information content (AvgIpc) is 2.67. The number of hydrogen-bond donors (Lipinski definition) is 0. The minimum absolute atomic E-state index is 0.227. The van der Waals surface area contributed by atoms with Gasteiger partial charge in [0.15, 0.2) is 0 Å². The molecule has 0 N–H and O–H groups in total. The van der Waals surface area contributed by atoms with Gasteiger partial charge in [-0.25, -0.2) is 0 Å². The molecule has 144 valence electrons. The lowest BCUT2D eigenvalue weighted by atomic mass is 9.81. The van der Waals surface area contributed by atoms with Gasteiger partial charge in [0.25, 0.3) is 0 Å². The van der Waals surface area contributed by atoms with Crippen molar-refractivity contribution in [2.75, 3.05) is 13.6 Å². The Kier molecular flexibility index (Phi) is 8.98. The molecule has 0 aliphatic heterocycles. The van der Waals surface area contributed by atoms with Gasteiger partial charge >= 0.3 is 0 Å². The number of carbonyl (C=O) groups is 2. The summed E-state index contributed by atoms with van der Waals surface area (Å²) in [7, 11) is 1.96. The lowest BCUT2D eigenvalue weighted by Gasteiger charge is -2.26. The molecule has 2 rings (SSSR count). The van der Waals surface area contributed by atoms with Crippen LogP contribution in [0.3, 0.4) is 0 Å². The molecule has 2 aliphatic rings. The Labute approximate surface area is 154 Å². The third-order valence-electron chi connectivity index (χ3n) is 6.45. The third kappa shape index (κ3) is 6.75. The molecule has 1 atom stereocenters. The first-order valence-electron chi connectivity index (χ1n) is 10.9. The van der Waals surface area contributed by atoms with Crippen LogP contribution in [0.4, 0.5) is 0 Å². The summed E-state index contributed by atoms with van der Waals surface area (Å²) >= 11 is 0. The summed E-state index contributed by atoms with van der Waals surface area (Å²) in [6.07, 6.45) is 16.3. The molecular formula is C22H39NO2. The van der Waals surface area contributed by atoms with E-state index < -0.39 is 0 Å². The zero-order valence-electron chi connectivity index (χ0n) is 16.6. The van der Waals surface area contributed by atoms with Crippen LogP contribution in [0.1, 0.15) is 96.8 Å². The maximum atomic E-state index is 12.5. The summed E-state index contributed by atoms with van der Waals surface area (Å²) in [5.41, 5.74) is 0. The van der Waals surface area contributed by atoms with Gasteiger partial charge in [0, 0.05) is 31.3 Å². The second kappa shape index (κ2) is 11.0. The van der Waals surface area contributed by atoms with Crippen molar-refractivity contribution in [3.05, 3.63) is 0 Å². The molecule has 0 heterocycles. The Morgan fingerprint density at radius 2 is 1.40 bits per heavy atom. The van der Waals surface area contributed by atoms with Crippen LogP contribution in [0, 0.1) is 17.8 Å². The fourth-order valence-corrected chi connectivity index (χ4v) is 4.68. The SMILES string of the molecule is CC(CCCCCN(C)C(=O)C1CCCCC1)C(=O)C1CCCCC1. The molecule has 0 aromatic heterocycles. The lowest BCUT2D eigenvalue weighted by Crippen LogP contribution is -2.34. The molecule has 0 bridgehead atoms. The molecule has 1 unspecified atom stereocenters. The zero-order valence-corrected chi connectivity index (χ0v) is 16.6. The topological polar surface area (TPSA) is 37.4 Å². The Morgan fingerprint density at radius 3 is 2.00 bits per heavy atom. The van der Waals surface area contributed by atoms with Crippen LogP contribution >= 0.6 is 0 Å². The second-order valence-electron chi connectivity index (χ2n) is 8.58. The number of Topliss-reactive ketones (excluding diaryl/α,β-unsaturated/α-hetero) is 1. The van der Waals surface area contributed by atoms with E-state index in [0.717, 1.165) is 57.9 Å². The molecule has 0 radical (unpaired) electrons. The van der Waals surface area contributed by atoms with Gasteiger partial charge in [0.2, 0.25) is 5.91 Å². The Bertz CT molecular complexity index is 370. The largest absolute Gasteiger partial charge is 0.346 e. The molecule has 1 amide bonds. The van der Waals surface area contributed by atoms with Crippen molar-refractivity contribution in [1.29, 1.82) is 0 Å². The highest BCUT2D eigenvalue weighted by molar-refractivity contribution is 5.83. The van der Waals surface area contributed by atoms with Crippen LogP contribution in [0.15, 0.2) is 0 Å². The molecule has 0 aromatic rings. The van der Waals surface area contributed by atoms with Crippen molar-refractivity contribution in [1.82, 2.24) is 4.90 Å². The molecular weight excluding hydrogens is 310 g/mol. The minimum atomic E-state index is 0.227. The number of ketones is 1. The normalized spacial score (nSPS) is 21.0. The molecule has 2 saturated carbocycles. The lowest BCUT2D eigenvalue weighted by molar-refractivity contribution is -0.135. The smallest absolute Gasteiger partial charge is 0.225 e. The number of rotatable bonds is 9. The van der Waals surface area contributed by atoms with E-state index >= 15 is 0 Å². The van der Waals surface area contributed by atoms with E-state index in [-0.39, 0.29) is 11.8 Å². The number of hydrogen-bond acceptors (Lipinski definition) is 2. The van der Waals surface area contributed by atoms with Gasteiger partial charge in [-0.2, -0.15) is 0 Å². The molecule has 3 nitrogen and oxygen atoms in total. The predicted molar refractivity (Wildman–Crippen MR) is 103 cm³/mol. The average molecular weight is 350 g/mol. The van der Waals surface area contributed by atoms with E-state index in [1.165, 1.54) is 38.5 Å². The third-order valence-corrected chi connectivity index (χ3v) is 6.45. The maximum absolute atomic E-state index is 12.5. The van der Waals surface area contributed by atoms with Crippen molar-refractivity contribution >= 4 is 11.7 Å². The van der Waals surface area contributed by atoms with Gasteiger partial charge in [-0.3, -0.25) is 9.59 Å². The summed E-state index contributed by atoms with van der Waals surface area (Å²) in [6.45, 7) is 3.00. The summed E-state index contributed by atoms with van der Waals surface area (Å²) in [5.74, 6) is 1.74. The Morgan fingerprint density at radius 1 is 0.840 bits per heavy atom. The van der Waals surface area contributed by atoms with Crippen LogP contribution in [-0.4, -0.2) is 30.2 Å². The maximum Gasteiger partial charge on any atom is 0.225 e. The fraction of sp³-hybridized carbons (Fsp3) is 0.909. The van der Waals surface area contributed by atoms with Crippen LogP contribution < -0.4 is 0 Å². The van der Waals surface area contributed by atoms with Gasteiger partial charge in [0.1, 0.15) is 5.78 Å². The van der Waals surface area contributed by atoms with Gasteiger partial charge in [0.05, 0.1) is 0 Å². The van der Waals surface area contributed by atoms with Gasteiger partial charge in [-0.15, -0.1) is 0 Å². The van der Waals surface area contributed by atoms with Crippen molar-refractivity contribution in [3.63, 3.8) is 0 Å². The van der Waals surface area contributed by atoms with E-state index in [1.54, 1.807) is 0 Å². The summed E-state index contributed by atoms with van der Waals surface area (Å²) in [6, 6.07) is 0. The monoisotopic (exact) mass is 349 g/mol. The highest BCUT2D eigenvalue weighted by Gasteiger charge is 2.25. The van der Waals surface area contributed by atoms with E-state index in [1.807, 2.05) is 11.9 Å². The molecule has 2 aliphatic carbocycles. The summed E-state index contributed by atoms with van der Waals surface area (Å²) < 4.78 is 0. The minimum Gasteiger partial charge on any atom is -0.346 e. The van der Waals surface area contributed by atoms with E-state index in [2.05, 4.69) is 6.92 Å². The molecule has 3 heteroatoms. The number of nitrogens with zero attached hydrogens (tertiary/aromatic N) is 1. The second-order valence-corrected chi connectivity index (χ2v) is 8.58. The first-order valence-corrected chi connectivity index (χ1v) is 10.9. The first kappa shape index (κ1) is 20.5. The summed E-state index contributed by atoms with van der Waals surface area (Å²) in [4.78, 5) is 26.8. The highest BCUT2D eigenvalue weighted by Crippen LogP contribution is 2.28. The van der Waals surface area contributed by atoms with Crippen molar-refractivity contribution in [2.24, 2.45) is 17.8 Å². The fourth-order valence-electron chi connectivity index (χ4n) is 4.68. The standard InChI is InChI=1S/C22H39NO2/c1-18(21(24)19-13-7-3-8-14-19)12-6-5-11-17-23(2)22(25)20-15-9-4-10-16-20/h18-20H,3-17H2,1-2H3. The Hall–Kier alpha value is -0.860. The van der Waals surface area contributed by atoms with Crippen LogP contribution in [-0.2, 0) is 9.59 Å². The van der Waals surface area contributed by atoms with Crippen LogP contribution in [0.5, 0.6) is 0 Å². The van der Waals surface area contributed by atoms with Crippen LogP contribution in [0.25, 0.3) is 0 Å². The molecule has 0 saturated heterocycles. The molecule has 0 aromatic carbocycles. The predicted octanol–water partition coefficient (Wildman–Crippen LogP) is 5.37. The first-order chi connectivity index (χ1) is 12.1. The quantitative estimate of drug-likeness (QED) is 0.525. The van der Waals surface area contributed by atoms with Gasteiger partial charge in [-0.1, -0.05) is 58.3 Å². The van der Waals surface area contributed by atoms with E-state index in [9.17, 15) is 9.59 Å². The van der Waals surface area contributed by atoms with Crippen molar-refractivity contribution in [2.45, 2.75) is 96.8 Å². The van der Waals surface area contributed by atoms with Gasteiger partial charge in [-0.05, 0) is 38.5 Å². The highest BCUT2D eigenvalue weighted by atomic mass is 16.2. The molecule has 0 spiro atoms. The zero-order chi connectivity index (χ0) is 18.1. The van der Waals surface area contributed by atoms with E-state index in [4.69, 9.17) is 0 Å². The van der Waals surface area contributed by atoms with Gasteiger partial charge < -0.3 is 4.90 Å². The number of amides is 1. The van der Waals surface area contributed by atoms with Crippen molar-refractivity contribution in [3.8, 4) is 0 Å². The Balaban J connectivity index is 1.55. The van der Waals surface area contributed by atoms with Crippen LogP contribution in [0.2, 0.25) is 0 Å². The van der Waals surface area contributed by atoms with E-state index in [0.29, 0.717) is 17.6 Å². The molecule has 25 heavy (non-hydrogen) atoms. The molecule has 2 fully saturated rings. The summed E-state index contributed by atoms with van der Waals surface area (Å²) in [5, 5.41) is 0. The number of carbonyl (C=O) groups excluding carboxylic acids is 2. The number of unbranched alkanes of at least 4 members (excludes halogenated alkanes) is 2.